The summed E-state index contributed by atoms with van der Waals surface area (Å²) in [4.78, 5) is 0. The molecule has 0 bridgehead atoms. The van der Waals surface area contributed by atoms with Crippen LogP contribution in [0.3, 0.4) is 0 Å². The Bertz CT molecular complexity index is 125. The molecule has 60 valence electrons. The summed E-state index contributed by atoms with van der Waals surface area (Å²) in [5.41, 5.74) is 0. The van der Waals surface area contributed by atoms with E-state index in [4.69, 9.17) is 21.1 Å². The van der Waals surface area contributed by atoms with Crippen molar-refractivity contribution in [1.29, 1.82) is 0 Å². The average Bonchev–Trinajstić information content (AvgIpc) is 2.05. The fourth-order valence-electron chi connectivity index (χ4n) is 1.17. The molecule has 0 saturated carbocycles. The van der Waals surface area contributed by atoms with Gasteiger partial charge in [-0.15, -0.1) is 11.6 Å². The molecular weight excluding hydrogens is 152 g/mol. The van der Waals surface area contributed by atoms with Crippen LogP contribution in [0, 0.1) is 0 Å². The Morgan fingerprint density at radius 3 is 2.20 bits per heavy atom. The van der Waals surface area contributed by atoms with E-state index in [1.165, 1.54) is 0 Å². The molecular formula is C7H13ClO2. The maximum Gasteiger partial charge on any atom is 0.163 e. The normalized spacial score (nSPS) is 38.4. The molecule has 0 radical (unpaired) electrons. The van der Waals surface area contributed by atoms with Gasteiger partial charge in [0.05, 0.1) is 12.0 Å². The van der Waals surface area contributed by atoms with Gasteiger partial charge in [-0.2, -0.15) is 0 Å². The average molecular weight is 165 g/mol. The summed E-state index contributed by atoms with van der Waals surface area (Å²) in [5.74, 6) is 0.0591. The van der Waals surface area contributed by atoms with Crippen LogP contribution >= 0.6 is 11.6 Å². The zero-order valence-electron chi connectivity index (χ0n) is 6.56. The van der Waals surface area contributed by atoms with Crippen molar-refractivity contribution in [3.8, 4) is 0 Å². The van der Waals surface area contributed by atoms with Gasteiger partial charge < -0.3 is 9.47 Å². The van der Waals surface area contributed by atoms with E-state index in [9.17, 15) is 0 Å². The highest BCUT2D eigenvalue weighted by Gasteiger charge is 2.37. The molecule has 1 fully saturated rings. The Kier molecular flexibility index (Phi) is 2.23. The number of ether oxygens (including phenoxy) is 2. The van der Waals surface area contributed by atoms with Crippen molar-refractivity contribution in [1.82, 2.24) is 0 Å². The van der Waals surface area contributed by atoms with Crippen LogP contribution in [0.5, 0.6) is 0 Å². The topological polar surface area (TPSA) is 18.5 Å². The molecule has 1 aliphatic heterocycles. The Labute approximate surface area is 66.5 Å². The Balaban J connectivity index is 2.52. The minimum atomic E-state index is -0.445. The minimum Gasteiger partial charge on any atom is -0.345 e. The van der Waals surface area contributed by atoms with Crippen molar-refractivity contribution in [2.75, 3.05) is 5.88 Å². The van der Waals surface area contributed by atoms with Crippen molar-refractivity contribution in [3.63, 3.8) is 0 Å². The number of rotatable bonds is 1. The lowest BCUT2D eigenvalue weighted by molar-refractivity contribution is -0.143. The van der Waals surface area contributed by atoms with Crippen LogP contribution in [-0.2, 0) is 9.47 Å². The molecule has 0 amide bonds. The summed E-state index contributed by atoms with van der Waals surface area (Å²) in [6.45, 7) is 5.77. The summed E-state index contributed by atoms with van der Waals surface area (Å²) in [5, 5.41) is 0. The van der Waals surface area contributed by atoms with Crippen molar-refractivity contribution in [3.05, 3.63) is 0 Å². The van der Waals surface area contributed by atoms with Crippen LogP contribution in [0.4, 0.5) is 0 Å². The van der Waals surface area contributed by atoms with Gasteiger partial charge in [-0.05, 0) is 20.8 Å². The summed E-state index contributed by atoms with van der Waals surface area (Å²) in [6, 6.07) is 0. The second kappa shape index (κ2) is 2.68. The molecule has 1 aliphatic rings. The van der Waals surface area contributed by atoms with Crippen LogP contribution < -0.4 is 0 Å². The van der Waals surface area contributed by atoms with Crippen molar-refractivity contribution < 1.29 is 9.47 Å². The Morgan fingerprint density at radius 1 is 1.40 bits per heavy atom. The Morgan fingerprint density at radius 2 is 2.00 bits per heavy atom. The van der Waals surface area contributed by atoms with E-state index < -0.39 is 5.79 Å². The van der Waals surface area contributed by atoms with Gasteiger partial charge in [0.15, 0.2) is 5.79 Å². The second-order valence-corrected chi connectivity index (χ2v) is 3.34. The smallest absolute Gasteiger partial charge is 0.163 e. The standard InChI is InChI=1S/C7H13ClO2/c1-5-6(4-8)10-7(2,3)9-5/h5-6H,4H2,1-3H3. The van der Waals surface area contributed by atoms with Gasteiger partial charge in [0.2, 0.25) is 0 Å². The molecule has 0 aliphatic carbocycles. The van der Waals surface area contributed by atoms with E-state index in [-0.39, 0.29) is 12.2 Å². The number of hydrogen-bond donors (Lipinski definition) is 0. The SMILES string of the molecule is CC1OC(C)(C)OC1CCl. The lowest BCUT2D eigenvalue weighted by Crippen LogP contribution is -2.22. The highest BCUT2D eigenvalue weighted by molar-refractivity contribution is 6.18. The third-order valence-corrected chi connectivity index (χ3v) is 1.88. The van der Waals surface area contributed by atoms with Crippen molar-refractivity contribution in [2.45, 2.75) is 38.8 Å². The summed E-state index contributed by atoms with van der Waals surface area (Å²) >= 11 is 5.62. The van der Waals surface area contributed by atoms with Gasteiger partial charge in [-0.25, -0.2) is 0 Å². The third kappa shape index (κ3) is 1.62. The third-order valence-electron chi connectivity index (χ3n) is 1.58. The van der Waals surface area contributed by atoms with Gasteiger partial charge in [0.25, 0.3) is 0 Å². The molecule has 2 atom stereocenters. The number of hydrogen-bond acceptors (Lipinski definition) is 2. The fourth-order valence-corrected chi connectivity index (χ4v) is 1.48. The van der Waals surface area contributed by atoms with Crippen LogP contribution in [0.25, 0.3) is 0 Å². The van der Waals surface area contributed by atoms with Gasteiger partial charge in [-0.1, -0.05) is 0 Å². The van der Waals surface area contributed by atoms with Crippen LogP contribution in [-0.4, -0.2) is 23.9 Å². The largest absolute Gasteiger partial charge is 0.345 e. The fraction of sp³-hybridized carbons (Fsp3) is 1.00. The molecule has 10 heavy (non-hydrogen) atoms. The molecule has 1 saturated heterocycles. The summed E-state index contributed by atoms with van der Waals surface area (Å²) < 4.78 is 10.9. The number of halogens is 1. The van der Waals surface area contributed by atoms with Gasteiger partial charge in [0, 0.05) is 0 Å². The maximum absolute atomic E-state index is 5.62. The predicted octanol–water partition coefficient (Wildman–Crippen LogP) is 1.77. The van der Waals surface area contributed by atoms with Gasteiger partial charge in [-0.3, -0.25) is 0 Å². The highest BCUT2D eigenvalue weighted by atomic mass is 35.5. The summed E-state index contributed by atoms with van der Waals surface area (Å²) in [7, 11) is 0. The van der Waals surface area contributed by atoms with E-state index in [0.29, 0.717) is 5.88 Å². The summed E-state index contributed by atoms with van der Waals surface area (Å²) in [6.07, 6.45) is 0.171. The number of alkyl halides is 1. The molecule has 1 heterocycles. The molecule has 0 aromatic heterocycles. The van der Waals surface area contributed by atoms with E-state index in [0.717, 1.165) is 0 Å². The molecule has 2 unspecified atom stereocenters. The first kappa shape index (κ1) is 8.31. The monoisotopic (exact) mass is 164 g/mol. The lowest BCUT2D eigenvalue weighted by atomic mass is 10.3. The van der Waals surface area contributed by atoms with E-state index >= 15 is 0 Å². The zero-order valence-corrected chi connectivity index (χ0v) is 7.31. The zero-order chi connectivity index (χ0) is 7.78. The second-order valence-electron chi connectivity index (χ2n) is 3.03. The van der Waals surface area contributed by atoms with Crippen LogP contribution in [0.15, 0.2) is 0 Å². The molecule has 1 rings (SSSR count). The van der Waals surface area contributed by atoms with Gasteiger partial charge in [0.1, 0.15) is 6.10 Å². The molecule has 0 N–H and O–H groups in total. The van der Waals surface area contributed by atoms with Crippen molar-refractivity contribution >= 4 is 11.6 Å². The first-order valence-electron chi connectivity index (χ1n) is 3.47. The molecule has 2 nitrogen and oxygen atoms in total. The highest BCUT2D eigenvalue weighted by Crippen LogP contribution is 2.28. The van der Waals surface area contributed by atoms with E-state index in [1.54, 1.807) is 0 Å². The van der Waals surface area contributed by atoms with E-state index in [2.05, 4.69) is 0 Å². The van der Waals surface area contributed by atoms with E-state index in [1.807, 2.05) is 20.8 Å². The van der Waals surface area contributed by atoms with Gasteiger partial charge >= 0.3 is 0 Å². The first-order valence-corrected chi connectivity index (χ1v) is 4.00. The maximum atomic E-state index is 5.62. The first-order chi connectivity index (χ1) is 4.55. The molecule has 3 heteroatoms. The quantitative estimate of drug-likeness (QED) is 0.550. The minimum absolute atomic E-state index is 0.0525. The van der Waals surface area contributed by atoms with Crippen molar-refractivity contribution in [2.24, 2.45) is 0 Å². The van der Waals surface area contributed by atoms with Crippen LogP contribution in [0.1, 0.15) is 20.8 Å². The molecule has 0 aromatic rings. The van der Waals surface area contributed by atoms with Crippen LogP contribution in [0.2, 0.25) is 0 Å². The molecule has 0 spiro atoms. The lowest BCUT2D eigenvalue weighted by Gasteiger charge is -2.15. The predicted molar refractivity (Wildman–Crippen MR) is 40.2 cm³/mol. The Hall–Kier alpha value is 0.210. The molecule has 0 aromatic carbocycles.